The molecule has 1 N–H and O–H groups in total. The van der Waals surface area contributed by atoms with Crippen molar-refractivity contribution in [2.24, 2.45) is 0 Å². The van der Waals surface area contributed by atoms with Crippen molar-refractivity contribution >= 4 is 67.0 Å². The number of carbonyl (C=O) groups is 1. The summed E-state index contributed by atoms with van der Waals surface area (Å²) in [4.78, 5) is 16.2. The lowest BCUT2D eigenvalue weighted by atomic mass is 10.1. The first kappa shape index (κ1) is 16.4. The number of carboxylic acid groups (broad SMARTS) is 1. The number of benzene rings is 2. The van der Waals surface area contributed by atoms with Gasteiger partial charge in [-0.3, -0.25) is 0 Å². The van der Waals surface area contributed by atoms with Gasteiger partial charge in [0.2, 0.25) is 0 Å². The second kappa shape index (κ2) is 6.02. The van der Waals surface area contributed by atoms with Crippen LogP contribution in [0.2, 0.25) is 10.0 Å². The van der Waals surface area contributed by atoms with E-state index in [1.165, 1.54) is 6.07 Å². The maximum absolute atomic E-state index is 11.7. The third kappa shape index (κ3) is 2.78. The molecule has 25 heavy (non-hydrogen) atoms. The zero-order valence-corrected chi connectivity index (χ0v) is 15.5. The lowest BCUT2D eigenvalue weighted by Crippen LogP contribution is -2.00. The van der Waals surface area contributed by atoms with E-state index in [9.17, 15) is 9.90 Å². The second-order valence-electron chi connectivity index (χ2n) is 5.41. The largest absolute Gasteiger partial charge is 0.478 e. The van der Waals surface area contributed by atoms with E-state index in [0.717, 1.165) is 5.39 Å². The van der Waals surface area contributed by atoms with Crippen LogP contribution in [0, 0.1) is 0 Å². The van der Waals surface area contributed by atoms with Crippen LogP contribution in [0.3, 0.4) is 0 Å². The predicted octanol–water partition coefficient (Wildman–Crippen LogP) is 6.42. The molecule has 7 heteroatoms. The summed E-state index contributed by atoms with van der Waals surface area (Å²) in [5, 5.41) is 11.7. The first-order valence-electron chi connectivity index (χ1n) is 7.15. The molecule has 0 atom stereocenters. The minimum absolute atomic E-state index is 0.144. The average molecular weight is 437 g/mol. The van der Waals surface area contributed by atoms with Crippen LogP contribution < -0.4 is 0 Å². The van der Waals surface area contributed by atoms with Crippen molar-refractivity contribution in [1.82, 2.24) is 4.98 Å². The molecular formula is C18H8BrCl2NO3. The van der Waals surface area contributed by atoms with E-state index in [-0.39, 0.29) is 5.56 Å². The second-order valence-corrected chi connectivity index (χ2v) is 7.11. The van der Waals surface area contributed by atoms with Crippen molar-refractivity contribution in [3.63, 3.8) is 0 Å². The fraction of sp³-hybridized carbons (Fsp3) is 0. The van der Waals surface area contributed by atoms with Crippen LogP contribution in [0.4, 0.5) is 0 Å². The lowest BCUT2D eigenvalue weighted by molar-refractivity contribution is 0.0699. The van der Waals surface area contributed by atoms with Gasteiger partial charge in [-0.05, 0) is 46.3 Å². The average Bonchev–Trinajstić information content (AvgIpc) is 2.98. The molecule has 0 saturated heterocycles. The molecule has 0 amide bonds. The Morgan fingerprint density at radius 2 is 1.96 bits per heavy atom. The third-order valence-electron chi connectivity index (χ3n) is 3.81. The van der Waals surface area contributed by atoms with Gasteiger partial charge >= 0.3 is 5.97 Å². The van der Waals surface area contributed by atoms with Crippen LogP contribution in [0.5, 0.6) is 0 Å². The molecule has 2 aromatic heterocycles. The van der Waals surface area contributed by atoms with E-state index in [4.69, 9.17) is 27.6 Å². The molecule has 124 valence electrons. The highest BCUT2D eigenvalue weighted by Crippen LogP contribution is 2.35. The van der Waals surface area contributed by atoms with Gasteiger partial charge in [0.1, 0.15) is 5.69 Å². The number of hydrogen-bond acceptors (Lipinski definition) is 3. The van der Waals surface area contributed by atoms with Crippen molar-refractivity contribution < 1.29 is 14.3 Å². The van der Waals surface area contributed by atoms with Gasteiger partial charge in [-0.15, -0.1) is 0 Å². The van der Waals surface area contributed by atoms with Crippen LogP contribution in [0.25, 0.3) is 33.3 Å². The summed E-state index contributed by atoms with van der Waals surface area (Å²) in [7, 11) is 0. The van der Waals surface area contributed by atoms with E-state index in [0.29, 0.717) is 42.5 Å². The van der Waals surface area contributed by atoms with Crippen molar-refractivity contribution in [3.8, 4) is 11.5 Å². The lowest BCUT2D eigenvalue weighted by Gasteiger charge is -2.06. The summed E-state index contributed by atoms with van der Waals surface area (Å²) in [5.74, 6) is -0.622. The van der Waals surface area contributed by atoms with Gasteiger partial charge in [0.15, 0.2) is 11.3 Å². The Labute approximate surface area is 160 Å². The number of carboxylic acids is 1. The van der Waals surface area contributed by atoms with Crippen molar-refractivity contribution in [1.29, 1.82) is 0 Å². The molecule has 2 heterocycles. The maximum atomic E-state index is 11.7. The first-order valence-corrected chi connectivity index (χ1v) is 8.70. The highest BCUT2D eigenvalue weighted by Gasteiger charge is 2.17. The zero-order valence-electron chi connectivity index (χ0n) is 12.4. The molecule has 0 aliphatic carbocycles. The monoisotopic (exact) mass is 435 g/mol. The Bertz CT molecular complexity index is 1170. The number of hydrogen-bond donors (Lipinski definition) is 1. The fourth-order valence-electron chi connectivity index (χ4n) is 2.72. The van der Waals surface area contributed by atoms with Crippen LogP contribution >= 0.6 is 39.1 Å². The molecule has 0 radical (unpaired) electrons. The topological polar surface area (TPSA) is 63.3 Å². The number of para-hydroxylation sites is 1. The zero-order chi connectivity index (χ0) is 17.7. The summed E-state index contributed by atoms with van der Waals surface area (Å²) in [6, 6.07) is 11.8. The number of nitrogens with zero attached hydrogens (tertiary/aromatic N) is 1. The Kier molecular flexibility index (Phi) is 3.95. The normalized spacial score (nSPS) is 11.3. The molecule has 0 aliphatic rings. The van der Waals surface area contributed by atoms with Gasteiger partial charge in [-0.2, -0.15) is 0 Å². The molecule has 4 aromatic rings. The third-order valence-corrected chi connectivity index (χ3v) is 4.95. The number of pyridine rings is 1. The molecule has 0 spiro atoms. The molecular weight excluding hydrogens is 429 g/mol. The van der Waals surface area contributed by atoms with Gasteiger partial charge in [0.05, 0.1) is 16.1 Å². The summed E-state index contributed by atoms with van der Waals surface area (Å²) in [6.07, 6.45) is 0. The SMILES string of the molecule is O=C(O)c1cc(-c2cc3cc(Cl)cc(Cl)c3o2)nc2c(Br)cccc12. The predicted molar refractivity (Wildman–Crippen MR) is 102 cm³/mol. The molecule has 4 rings (SSSR count). The van der Waals surface area contributed by atoms with E-state index < -0.39 is 5.97 Å². The first-order chi connectivity index (χ1) is 11.9. The molecule has 2 aromatic carbocycles. The highest BCUT2D eigenvalue weighted by atomic mass is 79.9. The van der Waals surface area contributed by atoms with Gasteiger partial charge in [-0.25, -0.2) is 9.78 Å². The van der Waals surface area contributed by atoms with Gasteiger partial charge < -0.3 is 9.52 Å². The molecule has 0 fully saturated rings. The Morgan fingerprint density at radius 1 is 1.16 bits per heavy atom. The number of furan rings is 1. The summed E-state index contributed by atoms with van der Waals surface area (Å²) in [5.41, 5.74) is 1.57. The number of aromatic nitrogens is 1. The summed E-state index contributed by atoms with van der Waals surface area (Å²) in [6.45, 7) is 0. The van der Waals surface area contributed by atoms with Crippen LogP contribution in [-0.2, 0) is 0 Å². The smallest absolute Gasteiger partial charge is 0.336 e. The van der Waals surface area contributed by atoms with Crippen molar-refractivity contribution in [2.45, 2.75) is 0 Å². The summed E-state index contributed by atoms with van der Waals surface area (Å²) >= 11 is 15.6. The molecule has 0 saturated carbocycles. The van der Waals surface area contributed by atoms with Crippen LogP contribution in [0.1, 0.15) is 10.4 Å². The van der Waals surface area contributed by atoms with E-state index in [1.54, 1.807) is 36.4 Å². The van der Waals surface area contributed by atoms with Crippen molar-refractivity contribution in [3.05, 3.63) is 62.5 Å². The van der Waals surface area contributed by atoms with Crippen LogP contribution in [0.15, 0.2) is 51.4 Å². The minimum atomic E-state index is -1.04. The number of fused-ring (bicyclic) bond motifs is 2. The number of rotatable bonds is 2. The van der Waals surface area contributed by atoms with Gasteiger partial charge in [0.25, 0.3) is 0 Å². The molecule has 0 aliphatic heterocycles. The molecule has 0 unspecified atom stereocenters. The van der Waals surface area contributed by atoms with E-state index >= 15 is 0 Å². The number of halogens is 3. The van der Waals surface area contributed by atoms with E-state index in [2.05, 4.69) is 20.9 Å². The maximum Gasteiger partial charge on any atom is 0.336 e. The van der Waals surface area contributed by atoms with Crippen molar-refractivity contribution in [2.75, 3.05) is 0 Å². The number of aromatic carboxylic acids is 1. The standard InChI is InChI=1S/C18H8BrCl2NO3/c19-12-3-1-2-10-11(18(23)24)7-14(22-16(10)12)15-5-8-4-9(20)6-13(21)17(8)25-15/h1-7H,(H,23,24). The molecule has 4 nitrogen and oxygen atoms in total. The van der Waals surface area contributed by atoms with Gasteiger partial charge in [-0.1, -0.05) is 35.3 Å². The summed E-state index contributed by atoms with van der Waals surface area (Å²) < 4.78 is 6.50. The van der Waals surface area contributed by atoms with Gasteiger partial charge in [0, 0.05) is 20.3 Å². The highest BCUT2D eigenvalue weighted by molar-refractivity contribution is 9.10. The quantitative estimate of drug-likeness (QED) is 0.394. The fourth-order valence-corrected chi connectivity index (χ4v) is 3.72. The minimum Gasteiger partial charge on any atom is -0.478 e. The molecule has 0 bridgehead atoms. The Hall–Kier alpha value is -2.08. The van der Waals surface area contributed by atoms with Crippen LogP contribution in [-0.4, -0.2) is 16.1 Å². The Morgan fingerprint density at radius 3 is 2.72 bits per heavy atom. The van der Waals surface area contributed by atoms with E-state index in [1.807, 2.05) is 0 Å². The Balaban J connectivity index is 2.02.